The lowest BCUT2D eigenvalue weighted by atomic mass is 9.99. The van der Waals surface area contributed by atoms with Crippen LogP contribution in [-0.2, 0) is 4.79 Å². The number of carbonyl (C=O) groups excluding carboxylic acids is 1. The summed E-state index contributed by atoms with van der Waals surface area (Å²) in [5.74, 6) is -1.74. The molecule has 2 aromatic rings. The Labute approximate surface area is 155 Å². The van der Waals surface area contributed by atoms with Gasteiger partial charge in [0.25, 0.3) is 0 Å². The van der Waals surface area contributed by atoms with E-state index in [1.807, 2.05) is 13.8 Å². The highest BCUT2D eigenvalue weighted by molar-refractivity contribution is 5.90. The van der Waals surface area contributed by atoms with Crippen LogP contribution in [0.1, 0.15) is 32.7 Å². The van der Waals surface area contributed by atoms with Gasteiger partial charge in [-0.2, -0.15) is 0 Å². The Morgan fingerprint density at radius 2 is 2.15 bits per heavy atom. The molecule has 2 amide bonds. The third-order valence-electron chi connectivity index (χ3n) is 4.50. The summed E-state index contributed by atoms with van der Waals surface area (Å²) >= 11 is 0. The number of anilines is 1. The molecule has 0 saturated carbocycles. The average Bonchev–Trinajstić information content (AvgIpc) is 3.11. The minimum absolute atomic E-state index is 0.0324. The van der Waals surface area contributed by atoms with Crippen LogP contribution in [0, 0.1) is 11.7 Å². The normalized spacial score (nSPS) is 17.2. The molecular weight excluding hydrogens is 355 g/mol. The molecular formula is C17H21FN6O3. The van der Waals surface area contributed by atoms with Gasteiger partial charge in [0.2, 0.25) is 0 Å². The van der Waals surface area contributed by atoms with Crippen LogP contribution in [-0.4, -0.2) is 55.3 Å². The monoisotopic (exact) mass is 376 g/mol. The van der Waals surface area contributed by atoms with Gasteiger partial charge in [-0.25, -0.2) is 13.9 Å². The standard InChI is InChI=1S/C17H21FN6O3/c1-10(2)24-15(20-21-22-24)13-6-5-12(8-14(13)18)19-17(27)23-7-3-4-11(9-23)16(25)26/h5-6,8,10-11H,3-4,7,9H2,1-2H3,(H,19,27)(H,25,26). The van der Waals surface area contributed by atoms with Crippen molar-refractivity contribution in [2.75, 3.05) is 18.4 Å². The molecule has 1 aliphatic heterocycles. The number of amides is 2. The number of carbonyl (C=O) groups is 2. The Morgan fingerprint density at radius 1 is 1.37 bits per heavy atom. The van der Waals surface area contributed by atoms with Gasteiger partial charge in [-0.1, -0.05) is 0 Å². The molecule has 1 saturated heterocycles. The number of halogens is 1. The molecule has 0 radical (unpaired) electrons. The number of benzene rings is 1. The molecule has 10 heteroatoms. The molecule has 27 heavy (non-hydrogen) atoms. The quantitative estimate of drug-likeness (QED) is 0.847. The second-order valence-corrected chi connectivity index (χ2v) is 6.79. The Morgan fingerprint density at radius 3 is 2.81 bits per heavy atom. The highest BCUT2D eigenvalue weighted by Gasteiger charge is 2.28. The zero-order chi connectivity index (χ0) is 19.6. The van der Waals surface area contributed by atoms with Crippen LogP contribution in [0.2, 0.25) is 0 Å². The van der Waals surface area contributed by atoms with Gasteiger partial charge in [0.1, 0.15) is 5.82 Å². The van der Waals surface area contributed by atoms with Crippen molar-refractivity contribution in [2.24, 2.45) is 5.92 Å². The molecule has 1 aromatic carbocycles. The topological polar surface area (TPSA) is 113 Å². The van der Waals surface area contributed by atoms with E-state index in [-0.39, 0.29) is 23.8 Å². The fourth-order valence-corrected chi connectivity index (χ4v) is 3.06. The minimum atomic E-state index is -0.911. The van der Waals surface area contributed by atoms with E-state index in [1.165, 1.54) is 21.7 Å². The van der Waals surface area contributed by atoms with E-state index in [0.717, 1.165) is 0 Å². The highest BCUT2D eigenvalue weighted by atomic mass is 19.1. The van der Waals surface area contributed by atoms with Crippen LogP contribution in [0.15, 0.2) is 18.2 Å². The summed E-state index contributed by atoms with van der Waals surface area (Å²) in [5.41, 5.74) is 0.512. The first kappa shape index (κ1) is 18.7. The number of tetrazole rings is 1. The first-order valence-electron chi connectivity index (χ1n) is 8.73. The van der Waals surface area contributed by atoms with Crippen LogP contribution in [0.4, 0.5) is 14.9 Å². The SMILES string of the molecule is CC(C)n1nnnc1-c1ccc(NC(=O)N2CCCC(C(=O)O)C2)cc1F. The van der Waals surface area contributed by atoms with E-state index in [4.69, 9.17) is 5.11 Å². The number of rotatable bonds is 4. The maximum Gasteiger partial charge on any atom is 0.321 e. The number of nitrogens with zero attached hydrogens (tertiary/aromatic N) is 5. The summed E-state index contributed by atoms with van der Waals surface area (Å²) in [6.07, 6.45) is 1.17. The van der Waals surface area contributed by atoms with Crippen molar-refractivity contribution in [2.45, 2.75) is 32.7 Å². The molecule has 1 atom stereocenters. The smallest absolute Gasteiger partial charge is 0.321 e. The zero-order valence-electron chi connectivity index (χ0n) is 15.1. The number of aromatic nitrogens is 4. The summed E-state index contributed by atoms with van der Waals surface area (Å²) in [7, 11) is 0. The molecule has 1 aromatic heterocycles. The van der Waals surface area contributed by atoms with Gasteiger partial charge in [0.15, 0.2) is 5.82 Å². The number of likely N-dealkylation sites (tertiary alicyclic amines) is 1. The Bertz CT molecular complexity index is 853. The molecule has 144 valence electrons. The molecule has 1 unspecified atom stereocenters. The average molecular weight is 376 g/mol. The first-order chi connectivity index (χ1) is 12.9. The van der Waals surface area contributed by atoms with Crippen LogP contribution in [0.25, 0.3) is 11.4 Å². The number of nitrogens with one attached hydrogen (secondary N) is 1. The van der Waals surface area contributed by atoms with Gasteiger partial charge in [-0.05, 0) is 55.3 Å². The van der Waals surface area contributed by atoms with Crippen molar-refractivity contribution in [3.63, 3.8) is 0 Å². The molecule has 2 heterocycles. The number of carboxylic acids is 1. The maximum atomic E-state index is 14.6. The predicted molar refractivity (Wildman–Crippen MR) is 94.5 cm³/mol. The van der Waals surface area contributed by atoms with Crippen molar-refractivity contribution in [3.05, 3.63) is 24.0 Å². The van der Waals surface area contributed by atoms with Crippen molar-refractivity contribution in [1.82, 2.24) is 25.1 Å². The fraction of sp³-hybridized carbons (Fsp3) is 0.471. The highest BCUT2D eigenvalue weighted by Crippen LogP contribution is 2.25. The summed E-state index contributed by atoms with van der Waals surface area (Å²) < 4.78 is 16.1. The number of aliphatic carboxylic acids is 1. The molecule has 1 aliphatic rings. The van der Waals surface area contributed by atoms with E-state index in [9.17, 15) is 14.0 Å². The molecule has 9 nitrogen and oxygen atoms in total. The van der Waals surface area contributed by atoms with Crippen LogP contribution >= 0.6 is 0 Å². The summed E-state index contributed by atoms with van der Waals surface area (Å²) in [5, 5.41) is 23.0. The predicted octanol–water partition coefficient (Wildman–Crippen LogP) is 2.39. The third-order valence-corrected chi connectivity index (χ3v) is 4.50. The number of carboxylic acid groups (broad SMARTS) is 1. The lowest BCUT2D eigenvalue weighted by molar-refractivity contribution is -0.143. The number of urea groups is 1. The molecule has 0 aliphatic carbocycles. The maximum absolute atomic E-state index is 14.6. The lowest BCUT2D eigenvalue weighted by Crippen LogP contribution is -2.44. The van der Waals surface area contributed by atoms with Gasteiger partial charge >= 0.3 is 12.0 Å². The largest absolute Gasteiger partial charge is 0.481 e. The molecule has 1 fully saturated rings. The Kier molecular flexibility index (Phi) is 5.33. The number of piperidine rings is 1. The van der Waals surface area contributed by atoms with Crippen LogP contribution in [0.3, 0.4) is 0 Å². The Balaban J connectivity index is 1.73. The van der Waals surface area contributed by atoms with Gasteiger partial charge in [0, 0.05) is 18.8 Å². The van der Waals surface area contributed by atoms with E-state index in [2.05, 4.69) is 20.8 Å². The van der Waals surface area contributed by atoms with E-state index < -0.39 is 23.7 Å². The van der Waals surface area contributed by atoms with E-state index in [0.29, 0.717) is 25.2 Å². The van der Waals surface area contributed by atoms with E-state index in [1.54, 1.807) is 6.07 Å². The number of hydrogen-bond donors (Lipinski definition) is 2. The second-order valence-electron chi connectivity index (χ2n) is 6.79. The van der Waals surface area contributed by atoms with Crippen LogP contribution in [0.5, 0.6) is 0 Å². The summed E-state index contributed by atoms with van der Waals surface area (Å²) in [6.45, 7) is 4.38. The molecule has 0 bridgehead atoms. The summed E-state index contributed by atoms with van der Waals surface area (Å²) in [6, 6.07) is 3.79. The zero-order valence-corrected chi connectivity index (χ0v) is 15.1. The van der Waals surface area contributed by atoms with Gasteiger partial charge in [0.05, 0.1) is 17.5 Å². The van der Waals surface area contributed by atoms with Gasteiger partial charge in [-0.3, -0.25) is 4.79 Å². The number of hydrogen-bond acceptors (Lipinski definition) is 5. The van der Waals surface area contributed by atoms with Gasteiger partial charge < -0.3 is 15.3 Å². The summed E-state index contributed by atoms with van der Waals surface area (Å²) in [4.78, 5) is 24.9. The third kappa shape index (κ3) is 4.04. The van der Waals surface area contributed by atoms with Gasteiger partial charge in [-0.15, -0.1) is 5.10 Å². The molecule has 3 rings (SSSR count). The van der Waals surface area contributed by atoms with Crippen molar-refractivity contribution < 1.29 is 19.1 Å². The molecule has 2 N–H and O–H groups in total. The first-order valence-corrected chi connectivity index (χ1v) is 8.73. The van der Waals surface area contributed by atoms with E-state index >= 15 is 0 Å². The minimum Gasteiger partial charge on any atom is -0.481 e. The van der Waals surface area contributed by atoms with Crippen LogP contribution < -0.4 is 5.32 Å². The second kappa shape index (κ2) is 7.68. The fourth-order valence-electron chi connectivity index (χ4n) is 3.06. The van der Waals surface area contributed by atoms with Crippen molar-refractivity contribution >= 4 is 17.7 Å². The van der Waals surface area contributed by atoms with Crippen molar-refractivity contribution in [3.8, 4) is 11.4 Å². The Hall–Kier alpha value is -3.04. The molecule has 0 spiro atoms. The van der Waals surface area contributed by atoms with Crippen molar-refractivity contribution in [1.29, 1.82) is 0 Å². The lowest BCUT2D eigenvalue weighted by Gasteiger charge is -2.30.